The van der Waals surface area contributed by atoms with E-state index in [0.717, 1.165) is 51.6 Å². The highest BCUT2D eigenvalue weighted by Gasteiger charge is 2.36. The van der Waals surface area contributed by atoms with Gasteiger partial charge in [-0.15, -0.1) is 0 Å². The van der Waals surface area contributed by atoms with Gasteiger partial charge in [-0.3, -0.25) is 4.79 Å². The fourth-order valence-electron chi connectivity index (χ4n) is 6.18. The number of likely N-dealkylation sites (tertiary alicyclic amines) is 1. The molecule has 8 heteroatoms. The number of rotatable bonds is 7. The van der Waals surface area contributed by atoms with E-state index in [1.54, 1.807) is 0 Å². The second-order valence-electron chi connectivity index (χ2n) is 12.9. The Balaban J connectivity index is 1.40. The maximum absolute atomic E-state index is 13.3. The maximum atomic E-state index is 13.3. The quantitative estimate of drug-likeness (QED) is 0.477. The lowest BCUT2D eigenvalue weighted by molar-refractivity contribution is -0.140. The van der Waals surface area contributed by atoms with Crippen molar-refractivity contribution < 1.29 is 23.9 Å². The fourth-order valence-corrected chi connectivity index (χ4v) is 6.82. The molecule has 2 saturated carbocycles. The summed E-state index contributed by atoms with van der Waals surface area (Å²) >= 11 is 0. The summed E-state index contributed by atoms with van der Waals surface area (Å²) in [6, 6.07) is 0. The Kier molecular flexibility index (Phi) is 10.1. The Bertz CT molecular complexity index is 697. The second kappa shape index (κ2) is 12.4. The third kappa shape index (κ3) is 9.69. The van der Waals surface area contributed by atoms with Gasteiger partial charge in [0, 0.05) is 25.6 Å². The van der Waals surface area contributed by atoms with Crippen LogP contribution >= 0.6 is 0 Å². The van der Waals surface area contributed by atoms with Crippen LogP contribution in [0.3, 0.4) is 0 Å². The van der Waals surface area contributed by atoms with Crippen LogP contribution in [0.2, 0.25) is 13.1 Å². The van der Waals surface area contributed by atoms with Gasteiger partial charge in [-0.05, 0) is 96.6 Å². The molecule has 2 amide bonds. The molecular formula is C27H50N2O5Si. The summed E-state index contributed by atoms with van der Waals surface area (Å²) in [6.45, 7) is 11.9. The lowest BCUT2D eigenvalue weighted by Crippen LogP contribution is -2.45. The first-order valence-corrected chi connectivity index (χ1v) is 17.1. The van der Waals surface area contributed by atoms with Crippen molar-refractivity contribution in [2.45, 2.75) is 110 Å². The number of hydrogen-bond acceptors (Lipinski definition) is 5. The number of ether oxygens (including phenoxy) is 2. The van der Waals surface area contributed by atoms with Crippen molar-refractivity contribution >= 4 is 20.3 Å². The van der Waals surface area contributed by atoms with Crippen molar-refractivity contribution in [1.29, 1.82) is 0 Å². The number of carbonyl (C=O) groups is 2. The molecule has 0 radical (unpaired) electrons. The van der Waals surface area contributed by atoms with Crippen molar-refractivity contribution in [3.8, 4) is 0 Å². The first-order chi connectivity index (χ1) is 16.4. The summed E-state index contributed by atoms with van der Waals surface area (Å²) in [7, 11) is -2.22. The van der Waals surface area contributed by atoms with Gasteiger partial charge in [0.05, 0.1) is 12.3 Å². The summed E-state index contributed by atoms with van der Waals surface area (Å²) in [5.41, 5.74) is -0.464. The number of nitrogens with zero attached hydrogens (tertiary/aromatic N) is 1. The minimum Gasteiger partial charge on any atom is -0.444 e. The predicted octanol–water partition coefficient (Wildman–Crippen LogP) is 4.87. The molecule has 3 rings (SSSR count). The van der Waals surface area contributed by atoms with Crippen LogP contribution < -0.4 is 5.32 Å². The van der Waals surface area contributed by atoms with Gasteiger partial charge < -0.3 is 24.5 Å². The summed E-state index contributed by atoms with van der Waals surface area (Å²) in [6.07, 6.45) is 11.1. The van der Waals surface area contributed by atoms with E-state index in [4.69, 9.17) is 9.47 Å². The molecule has 3 fully saturated rings. The lowest BCUT2D eigenvalue weighted by Gasteiger charge is -2.41. The van der Waals surface area contributed by atoms with Gasteiger partial charge in [0.1, 0.15) is 5.60 Å². The van der Waals surface area contributed by atoms with E-state index in [1.165, 1.54) is 25.7 Å². The van der Waals surface area contributed by atoms with Crippen molar-refractivity contribution in [2.75, 3.05) is 25.9 Å². The van der Waals surface area contributed by atoms with E-state index in [0.29, 0.717) is 36.4 Å². The molecule has 0 spiro atoms. The molecule has 202 valence electrons. The standard InChI is InChI=1S/C27H50N2O5Si/c1-27(2,3)34-26(31)28-18-20-8-6-9-22(16-20)21-12-14-29(15-13-21)25(30)23-10-7-11-24(17-23)33-19-35(4,5)32/h20-24,32H,6-19H2,1-5H3,(H,28,31). The van der Waals surface area contributed by atoms with Gasteiger partial charge in [0.2, 0.25) is 14.2 Å². The molecule has 0 bridgehead atoms. The highest BCUT2D eigenvalue weighted by molar-refractivity contribution is 6.69. The first-order valence-electron chi connectivity index (χ1n) is 14.0. The van der Waals surface area contributed by atoms with Crippen LogP contribution in [-0.2, 0) is 14.3 Å². The molecule has 1 saturated heterocycles. The van der Waals surface area contributed by atoms with Gasteiger partial charge in [0.15, 0.2) is 0 Å². The van der Waals surface area contributed by atoms with Gasteiger partial charge >= 0.3 is 6.09 Å². The maximum Gasteiger partial charge on any atom is 0.407 e. The number of piperidine rings is 1. The van der Waals surface area contributed by atoms with E-state index >= 15 is 0 Å². The van der Waals surface area contributed by atoms with Crippen LogP contribution in [0, 0.1) is 23.7 Å². The van der Waals surface area contributed by atoms with Gasteiger partial charge in [0.25, 0.3) is 0 Å². The minimum atomic E-state index is -2.22. The molecule has 4 atom stereocenters. The van der Waals surface area contributed by atoms with Gasteiger partial charge in [-0.1, -0.05) is 19.3 Å². The molecule has 0 aromatic carbocycles. The number of alkyl carbamates (subject to hydrolysis) is 1. The Labute approximate surface area is 213 Å². The monoisotopic (exact) mass is 510 g/mol. The van der Waals surface area contributed by atoms with Crippen molar-refractivity contribution in [3.63, 3.8) is 0 Å². The lowest BCUT2D eigenvalue weighted by atomic mass is 9.72. The average Bonchev–Trinajstić information content (AvgIpc) is 2.80. The van der Waals surface area contributed by atoms with E-state index in [-0.39, 0.29) is 18.1 Å². The fraction of sp³-hybridized carbons (Fsp3) is 0.926. The average molecular weight is 511 g/mol. The Morgan fingerprint density at radius 2 is 1.66 bits per heavy atom. The van der Waals surface area contributed by atoms with Gasteiger partial charge in [-0.25, -0.2) is 4.79 Å². The van der Waals surface area contributed by atoms with E-state index in [9.17, 15) is 14.4 Å². The third-order valence-electron chi connectivity index (χ3n) is 7.92. The number of nitrogens with one attached hydrogen (secondary N) is 1. The molecule has 2 aliphatic carbocycles. The summed E-state index contributed by atoms with van der Waals surface area (Å²) < 4.78 is 11.4. The topological polar surface area (TPSA) is 88.1 Å². The number of amides is 2. The molecular weight excluding hydrogens is 460 g/mol. The zero-order valence-corrected chi connectivity index (χ0v) is 23.8. The highest BCUT2D eigenvalue weighted by Crippen LogP contribution is 2.39. The predicted molar refractivity (Wildman–Crippen MR) is 140 cm³/mol. The normalized spacial score (nSPS) is 29.0. The van der Waals surface area contributed by atoms with E-state index < -0.39 is 13.9 Å². The van der Waals surface area contributed by atoms with E-state index in [2.05, 4.69) is 10.2 Å². The largest absolute Gasteiger partial charge is 0.444 e. The Morgan fingerprint density at radius 1 is 0.971 bits per heavy atom. The van der Waals surface area contributed by atoms with Crippen molar-refractivity contribution in [1.82, 2.24) is 10.2 Å². The molecule has 35 heavy (non-hydrogen) atoms. The minimum absolute atomic E-state index is 0.0757. The second-order valence-corrected chi connectivity index (χ2v) is 16.9. The number of hydrogen-bond donors (Lipinski definition) is 2. The molecule has 0 aromatic rings. The van der Waals surface area contributed by atoms with Crippen LogP contribution in [0.1, 0.15) is 85.0 Å². The van der Waals surface area contributed by atoms with Crippen LogP contribution in [-0.4, -0.2) is 67.6 Å². The molecule has 7 nitrogen and oxygen atoms in total. The molecule has 4 unspecified atom stereocenters. The van der Waals surface area contributed by atoms with Crippen LogP contribution in [0.15, 0.2) is 0 Å². The molecule has 1 heterocycles. The SMILES string of the molecule is CC(C)(C)OC(=O)NCC1CCCC(C2CCN(C(=O)C3CCCC(OC[Si](C)(C)O)C3)CC2)C1. The highest BCUT2D eigenvalue weighted by atomic mass is 28.4. The molecule has 3 aliphatic rings. The molecule has 1 aliphatic heterocycles. The zero-order chi connectivity index (χ0) is 25.6. The summed E-state index contributed by atoms with van der Waals surface area (Å²) in [5.74, 6) is 2.30. The van der Waals surface area contributed by atoms with Crippen LogP contribution in [0.4, 0.5) is 4.79 Å². The Hall–Kier alpha value is -1.12. The van der Waals surface area contributed by atoms with Crippen molar-refractivity contribution in [3.05, 3.63) is 0 Å². The summed E-state index contributed by atoms with van der Waals surface area (Å²) in [4.78, 5) is 37.5. The summed E-state index contributed by atoms with van der Waals surface area (Å²) in [5, 5.41) is 2.98. The van der Waals surface area contributed by atoms with E-state index in [1.807, 2.05) is 33.9 Å². The van der Waals surface area contributed by atoms with Crippen LogP contribution in [0.25, 0.3) is 0 Å². The molecule has 2 N–H and O–H groups in total. The van der Waals surface area contributed by atoms with Crippen molar-refractivity contribution in [2.24, 2.45) is 23.7 Å². The first kappa shape index (κ1) is 28.4. The zero-order valence-electron chi connectivity index (χ0n) is 22.8. The molecule has 0 aromatic heterocycles. The smallest absolute Gasteiger partial charge is 0.407 e. The number of carbonyl (C=O) groups excluding carboxylic acids is 2. The van der Waals surface area contributed by atoms with Gasteiger partial charge in [-0.2, -0.15) is 0 Å². The Morgan fingerprint density at radius 3 is 2.31 bits per heavy atom. The third-order valence-corrected chi connectivity index (χ3v) is 8.80. The van der Waals surface area contributed by atoms with Crippen LogP contribution in [0.5, 0.6) is 0 Å².